The van der Waals surface area contributed by atoms with E-state index >= 15 is 0 Å². The van der Waals surface area contributed by atoms with Gasteiger partial charge in [0.1, 0.15) is 5.82 Å². The van der Waals surface area contributed by atoms with Crippen molar-refractivity contribution in [3.8, 4) is 0 Å². The molecule has 0 atom stereocenters. The number of nitrogens with zero attached hydrogens (tertiary/aromatic N) is 3. The largest absolute Gasteiger partial charge is 0.399 e. The second-order valence-electron chi connectivity index (χ2n) is 5.04. The number of hydrogen-bond acceptors (Lipinski definition) is 6. The quantitative estimate of drug-likeness (QED) is 0.845. The molecule has 1 saturated heterocycles. The van der Waals surface area contributed by atoms with E-state index in [4.69, 9.17) is 10.5 Å². The molecule has 3 N–H and O–H groups in total. The van der Waals surface area contributed by atoms with E-state index < -0.39 is 0 Å². The number of aryl methyl sites for hydroxylation is 1. The zero-order valence-electron chi connectivity index (χ0n) is 12.5. The van der Waals surface area contributed by atoms with E-state index in [1.165, 1.54) is 0 Å². The van der Waals surface area contributed by atoms with E-state index in [2.05, 4.69) is 20.2 Å². The van der Waals surface area contributed by atoms with Crippen LogP contribution in [0.25, 0.3) is 0 Å². The second-order valence-corrected chi connectivity index (χ2v) is 5.04. The Morgan fingerprint density at radius 3 is 2.77 bits per heavy atom. The Balaban J connectivity index is 0.00000176. The molecule has 2 heterocycles. The van der Waals surface area contributed by atoms with Gasteiger partial charge in [-0.1, -0.05) is 6.07 Å². The molecular formula is C15H20ClN5O. The van der Waals surface area contributed by atoms with Crippen LogP contribution in [-0.2, 0) is 4.74 Å². The molecule has 3 rings (SSSR count). The smallest absolute Gasteiger partial charge is 0.229 e. The average molecular weight is 322 g/mol. The summed E-state index contributed by atoms with van der Waals surface area (Å²) in [6.07, 6.45) is 1.77. The summed E-state index contributed by atoms with van der Waals surface area (Å²) in [4.78, 5) is 11.0. The SMILES string of the molecule is Cc1ccc(N)cc1Nc1nccc(N2CCOCC2)n1.Cl. The van der Waals surface area contributed by atoms with Gasteiger partial charge in [0.2, 0.25) is 5.95 Å². The number of aromatic nitrogens is 2. The van der Waals surface area contributed by atoms with Gasteiger partial charge in [0.25, 0.3) is 0 Å². The molecule has 0 spiro atoms. The first-order chi connectivity index (χ1) is 10.2. The van der Waals surface area contributed by atoms with Crippen LogP contribution in [0.15, 0.2) is 30.5 Å². The Bertz CT molecular complexity index is 631. The van der Waals surface area contributed by atoms with Crippen LogP contribution in [0.1, 0.15) is 5.56 Å². The number of rotatable bonds is 3. The molecule has 1 aliphatic rings. The minimum atomic E-state index is 0. The highest BCUT2D eigenvalue weighted by molar-refractivity contribution is 5.85. The molecule has 6 nitrogen and oxygen atoms in total. The van der Waals surface area contributed by atoms with Crippen LogP contribution in [0.5, 0.6) is 0 Å². The summed E-state index contributed by atoms with van der Waals surface area (Å²) in [6.45, 7) is 5.21. The monoisotopic (exact) mass is 321 g/mol. The Kier molecular flexibility index (Phi) is 5.41. The molecule has 0 unspecified atom stereocenters. The van der Waals surface area contributed by atoms with Crippen LogP contribution < -0.4 is 16.0 Å². The van der Waals surface area contributed by atoms with E-state index in [9.17, 15) is 0 Å². The van der Waals surface area contributed by atoms with Crippen molar-refractivity contribution in [2.24, 2.45) is 0 Å². The maximum absolute atomic E-state index is 5.83. The minimum Gasteiger partial charge on any atom is -0.399 e. The van der Waals surface area contributed by atoms with Gasteiger partial charge in [-0.05, 0) is 30.7 Å². The molecule has 2 aromatic rings. The zero-order chi connectivity index (χ0) is 14.7. The summed E-state index contributed by atoms with van der Waals surface area (Å²) in [5, 5.41) is 3.23. The van der Waals surface area contributed by atoms with Gasteiger partial charge < -0.3 is 20.7 Å². The summed E-state index contributed by atoms with van der Waals surface area (Å²) in [5.74, 6) is 1.49. The van der Waals surface area contributed by atoms with Crippen molar-refractivity contribution in [1.82, 2.24) is 9.97 Å². The molecule has 1 fully saturated rings. The molecule has 118 valence electrons. The second kappa shape index (κ2) is 7.29. The number of ether oxygens (including phenoxy) is 1. The fraction of sp³-hybridized carbons (Fsp3) is 0.333. The van der Waals surface area contributed by atoms with E-state index in [0.717, 1.165) is 43.4 Å². The molecule has 0 saturated carbocycles. The first-order valence-electron chi connectivity index (χ1n) is 7.01. The van der Waals surface area contributed by atoms with Gasteiger partial charge in [-0.2, -0.15) is 4.98 Å². The summed E-state index contributed by atoms with van der Waals surface area (Å²) >= 11 is 0. The van der Waals surface area contributed by atoms with E-state index in [0.29, 0.717) is 11.6 Å². The highest BCUT2D eigenvalue weighted by Gasteiger charge is 2.13. The first kappa shape index (κ1) is 16.3. The molecule has 7 heteroatoms. The van der Waals surface area contributed by atoms with Gasteiger partial charge in [-0.3, -0.25) is 0 Å². The number of hydrogen-bond donors (Lipinski definition) is 2. The molecule has 0 aliphatic carbocycles. The van der Waals surface area contributed by atoms with Gasteiger partial charge >= 0.3 is 0 Å². The Labute approximate surface area is 136 Å². The molecule has 1 aliphatic heterocycles. The number of benzene rings is 1. The fourth-order valence-electron chi connectivity index (χ4n) is 2.27. The van der Waals surface area contributed by atoms with Crippen molar-refractivity contribution in [1.29, 1.82) is 0 Å². The summed E-state index contributed by atoms with van der Waals surface area (Å²) in [5.41, 5.74) is 8.57. The normalized spacial score (nSPS) is 14.3. The van der Waals surface area contributed by atoms with Crippen LogP contribution in [0, 0.1) is 6.92 Å². The maximum atomic E-state index is 5.83. The van der Waals surface area contributed by atoms with Gasteiger partial charge in [-0.25, -0.2) is 4.98 Å². The van der Waals surface area contributed by atoms with Crippen molar-refractivity contribution < 1.29 is 4.74 Å². The number of nitrogen functional groups attached to an aromatic ring is 1. The lowest BCUT2D eigenvalue weighted by molar-refractivity contribution is 0.122. The van der Waals surface area contributed by atoms with Crippen molar-refractivity contribution >= 4 is 35.5 Å². The molecule has 22 heavy (non-hydrogen) atoms. The third kappa shape index (κ3) is 3.78. The third-order valence-corrected chi connectivity index (χ3v) is 3.48. The van der Waals surface area contributed by atoms with Crippen LogP contribution in [0.3, 0.4) is 0 Å². The first-order valence-corrected chi connectivity index (χ1v) is 7.01. The zero-order valence-corrected chi connectivity index (χ0v) is 13.3. The van der Waals surface area contributed by atoms with Gasteiger partial charge in [-0.15, -0.1) is 12.4 Å². The molecule has 0 bridgehead atoms. The van der Waals surface area contributed by atoms with E-state index in [-0.39, 0.29) is 12.4 Å². The van der Waals surface area contributed by atoms with Gasteiger partial charge in [0.15, 0.2) is 0 Å². The molecular weight excluding hydrogens is 302 g/mol. The van der Waals surface area contributed by atoms with Crippen LogP contribution in [0.4, 0.5) is 23.1 Å². The summed E-state index contributed by atoms with van der Waals surface area (Å²) in [7, 11) is 0. The lowest BCUT2D eigenvalue weighted by Gasteiger charge is -2.27. The minimum absolute atomic E-state index is 0. The van der Waals surface area contributed by atoms with Crippen molar-refractivity contribution in [2.75, 3.05) is 42.3 Å². The highest BCUT2D eigenvalue weighted by Crippen LogP contribution is 2.22. The Hall–Kier alpha value is -2.05. The van der Waals surface area contributed by atoms with Crippen molar-refractivity contribution in [3.63, 3.8) is 0 Å². The average Bonchev–Trinajstić information content (AvgIpc) is 2.52. The van der Waals surface area contributed by atoms with Crippen LogP contribution in [-0.4, -0.2) is 36.3 Å². The topological polar surface area (TPSA) is 76.3 Å². The number of nitrogens with two attached hydrogens (primary N) is 1. The fourth-order valence-corrected chi connectivity index (χ4v) is 2.27. The van der Waals surface area contributed by atoms with Gasteiger partial charge in [0, 0.05) is 30.7 Å². The van der Waals surface area contributed by atoms with Crippen LogP contribution >= 0.6 is 12.4 Å². The Morgan fingerprint density at radius 1 is 1.23 bits per heavy atom. The number of anilines is 4. The molecule has 0 amide bonds. The predicted molar refractivity (Wildman–Crippen MR) is 91.2 cm³/mol. The molecule has 1 aromatic heterocycles. The number of morpholine rings is 1. The standard InChI is InChI=1S/C15H19N5O.ClH/c1-11-2-3-12(16)10-13(11)18-15-17-5-4-14(19-15)20-6-8-21-9-7-20;/h2-5,10H,6-9,16H2,1H3,(H,17,18,19);1H. The lowest BCUT2D eigenvalue weighted by atomic mass is 10.2. The third-order valence-electron chi connectivity index (χ3n) is 3.48. The van der Waals surface area contributed by atoms with Crippen LogP contribution in [0.2, 0.25) is 0 Å². The highest BCUT2D eigenvalue weighted by atomic mass is 35.5. The van der Waals surface area contributed by atoms with Crippen molar-refractivity contribution in [3.05, 3.63) is 36.0 Å². The van der Waals surface area contributed by atoms with E-state index in [1.807, 2.05) is 31.2 Å². The molecule has 0 radical (unpaired) electrons. The summed E-state index contributed by atoms with van der Waals surface area (Å²) in [6, 6.07) is 7.66. The van der Waals surface area contributed by atoms with E-state index in [1.54, 1.807) is 6.20 Å². The maximum Gasteiger partial charge on any atom is 0.229 e. The molecule has 1 aromatic carbocycles. The van der Waals surface area contributed by atoms with Crippen molar-refractivity contribution in [2.45, 2.75) is 6.92 Å². The lowest BCUT2D eigenvalue weighted by Crippen LogP contribution is -2.36. The summed E-state index contributed by atoms with van der Waals surface area (Å²) < 4.78 is 5.36. The van der Waals surface area contributed by atoms with Gasteiger partial charge in [0.05, 0.1) is 13.2 Å². The Morgan fingerprint density at radius 2 is 2.00 bits per heavy atom. The predicted octanol–water partition coefficient (Wildman–Crippen LogP) is 2.37. The number of nitrogens with one attached hydrogen (secondary N) is 1. The number of halogens is 1.